The lowest BCUT2D eigenvalue weighted by atomic mass is 10.1. The van der Waals surface area contributed by atoms with Crippen LogP contribution in [0.25, 0.3) is 0 Å². The van der Waals surface area contributed by atoms with Crippen LogP contribution in [0.4, 0.5) is 0 Å². The Morgan fingerprint density at radius 1 is 0.547 bits per heavy atom. The molecule has 0 saturated heterocycles. The van der Waals surface area contributed by atoms with Crippen molar-refractivity contribution in [2.45, 2.75) is 244 Å². The summed E-state index contributed by atoms with van der Waals surface area (Å²) in [5.41, 5.74) is 0. The second-order valence-corrected chi connectivity index (χ2v) is 20.6. The van der Waals surface area contributed by atoms with E-state index in [1.54, 1.807) is 6.08 Å². The van der Waals surface area contributed by atoms with Crippen molar-refractivity contribution in [3.63, 3.8) is 0 Å². The summed E-state index contributed by atoms with van der Waals surface area (Å²) in [5, 5.41) is 13.8. The molecule has 0 bridgehead atoms. The van der Waals surface area contributed by atoms with Gasteiger partial charge >= 0.3 is 0 Å². The van der Waals surface area contributed by atoms with Crippen LogP contribution >= 0.6 is 7.82 Å². The molecule has 2 N–H and O–H groups in total. The minimum atomic E-state index is -4.61. The number of quaternary nitrogens is 1. The van der Waals surface area contributed by atoms with E-state index in [0.717, 1.165) is 51.4 Å². The third-order valence-corrected chi connectivity index (χ3v) is 12.6. The van der Waals surface area contributed by atoms with Crippen LogP contribution in [0.1, 0.15) is 232 Å². The van der Waals surface area contributed by atoms with Crippen molar-refractivity contribution < 1.29 is 32.9 Å². The van der Waals surface area contributed by atoms with Crippen molar-refractivity contribution in [1.82, 2.24) is 5.32 Å². The molecular weight excluding hydrogens is 816 g/mol. The number of hydrogen-bond acceptors (Lipinski definition) is 6. The molecule has 374 valence electrons. The van der Waals surface area contributed by atoms with Crippen molar-refractivity contribution >= 4 is 13.7 Å². The van der Waals surface area contributed by atoms with E-state index in [2.05, 4.69) is 67.8 Å². The van der Waals surface area contributed by atoms with Gasteiger partial charge in [0, 0.05) is 6.42 Å². The molecule has 0 aliphatic carbocycles. The maximum Gasteiger partial charge on any atom is 0.268 e. The zero-order chi connectivity index (χ0) is 47.1. The Labute approximate surface area is 396 Å². The first-order valence-electron chi connectivity index (χ1n) is 26.7. The number of amides is 1. The van der Waals surface area contributed by atoms with Gasteiger partial charge in [-0.05, 0) is 77.0 Å². The van der Waals surface area contributed by atoms with Gasteiger partial charge in [-0.15, -0.1) is 0 Å². The number of aliphatic hydroxyl groups excluding tert-OH is 1. The van der Waals surface area contributed by atoms with Crippen molar-refractivity contribution in [1.29, 1.82) is 0 Å². The Hall–Kier alpha value is -1.80. The molecule has 64 heavy (non-hydrogen) atoms. The predicted octanol–water partition coefficient (Wildman–Crippen LogP) is 15.1. The summed E-state index contributed by atoms with van der Waals surface area (Å²) in [4.78, 5) is 25.4. The van der Waals surface area contributed by atoms with Crippen molar-refractivity contribution in [3.05, 3.63) is 60.8 Å². The highest BCUT2D eigenvalue weighted by Gasteiger charge is 2.23. The fourth-order valence-electron chi connectivity index (χ4n) is 7.45. The van der Waals surface area contributed by atoms with Gasteiger partial charge in [0.2, 0.25) is 5.91 Å². The van der Waals surface area contributed by atoms with Gasteiger partial charge in [-0.25, -0.2) is 0 Å². The van der Waals surface area contributed by atoms with E-state index < -0.39 is 26.6 Å². The standard InChI is InChI=1S/C55H103N2O6P/c1-6-8-10-12-14-16-18-20-22-24-25-26-27-28-29-30-31-33-35-37-39-41-43-45-47-49-55(59)56-53(52-63-64(60,61)62-51-50-57(3,4)5)54(58)48-46-44-42-40-38-36-34-32-23-21-19-17-15-13-11-9-7-2/h23,25-26,28-29,32,38,40,46,48,53-54,58H,6-22,24,27,30-31,33-37,39,41-45,47,49-52H2,1-5H3,(H-,56,59,60,61)/b26-25-,29-28-,32-23+,40-38+,48-46+. The molecule has 0 fully saturated rings. The molecule has 0 rings (SSSR count). The Kier molecular flexibility index (Phi) is 45.0. The van der Waals surface area contributed by atoms with Gasteiger partial charge in [0.25, 0.3) is 7.82 Å². The maximum atomic E-state index is 12.9. The number of hydrogen-bond donors (Lipinski definition) is 2. The number of allylic oxidation sites excluding steroid dienone is 9. The second kappa shape index (κ2) is 46.3. The molecule has 1 amide bonds. The van der Waals surface area contributed by atoms with Gasteiger partial charge in [-0.3, -0.25) is 9.36 Å². The van der Waals surface area contributed by atoms with Gasteiger partial charge in [-0.1, -0.05) is 209 Å². The molecule has 0 heterocycles. The van der Waals surface area contributed by atoms with E-state index in [4.69, 9.17) is 9.05 Å². The second-order valence-electron chi connectivity index (χ2n) is 19.2. The number of aliphatic hydroxyl groups is 1. The Balaban J connectivity index is 4.32. The van der Waals surface area contributed by atoms with Gasteiger partial charge in [0.1, 0.15) is 13.2 Å². The molecule has 0 aromatic rings. The summed E-state index contributed by atoms with van der Waals surface area (Å²) >= 11 is 0. The average Bonchev–Trinajstić information content (AvgIpc) is 3.25. The lowest BCUT2D eigenvalue weighted by Crippen LogP contribution is -2.45. The molecule has 0 aromatic carbocycles. The molecule has 0 aliphatic rings. The van der Waals surface area contributed by atoms with E-state index >= 15 is 0 Å². The van der Waals surface area contributed by atoms with Gasteiger partial charge in [0.15, 0.2) is 0 Å². The third-order valence-electron chi connectivity index (χ3n) is 11.7. The fourth-order valence-corrected chi connectivity index (χ4v) is 8.17. The molecular formula is C55H103N2O6P. The van der Waals surface area contributed by atoms with Crippen LogP contribution in [0.15, 0.2) is 60.8 Å². The topological polar surface area (TPSA) is 108 Å². The maximum absolute atomic E-state index is 12.9. The summed E-state index contributed by atoms with van der Waals surface area (Å²) in [6, 6.07) is -0.914. The molecule has 3 unspecified atom stereocenters. The first-order chi connectivity index (χ1) is 31.0. The molecule has 8 nitrogen and oxygen atoms in total. The monoisotopic (exact) mass is 919 g/mol. The lowest BCUT2D eigenvalue weighted by molar-refractivity contribution is -0.870. The lowest BCUT2D eigenvalue weighted by Gasteiger charge is -2.29. The van der Waals surface area contributed by atoms with Crippen LogP contribution in [-0.2, 0) is 18.4 Å². The van der Waals surface area contributed by atoms with E-state index in [9.17, 15) is 19.4 Å². The van der Waals surface area contributed by atoms with E-state index in [-0.39, 0.29) is 12.5 Å². The number of carbonyl (C=O) groups excluding carboxylic acids is 1. The highest BCUT2D eigenvalue weighted by Crippen LogP contribution is 2.38. The molecule has 0 aliphatic heterocycles. The molecule has 9 heteroatoms. The van der Waals surface area contributed by atoms with Crippen molar-refractivity contribution in [2.24, 2.45) is 0 Å². The van der Waals surface area contributed by atoms with Crippen LogP contribution in [-0.4, -0.2) is 68.5 Å². The molecule has 0 radical (unpaired) electrons. The average molecular weight is 919 g/mol. The number of nitrogens with zero attached hydrogens (tertiary/aromatic N) is 1. The fraction of sp³-hybridized carbons (Fsp3) is 0.800. The van der Waals surface area contributed by atoms with E-state index in [1.165, 1.54) is 161 Å². The molecule has 0 saturated carbocycles. The van der Waals surface area contributed by atoms with Crippen molar-refractivity contribution in [2.75, 3.05) is 40.9 Å². The molecule has 0 spiro atoms. The van der Waals surface area contributed by atoms with Crippen LogP contribution in [0.3, 0.4) is 0 Å². The number of phosphoric acid groups is 1. The summed E-state index contributed by atoms with van der Waals surface area (Å²) < 4.78 is 23.3. The Bertz CT molecular complexity index is 1230. The van der Waals surface area contributed by atoms with Crippen LogP contribution in [0.2, 0.25) is 0 Å². The number of likely N-dealkylation sites (N-methyl/N-ethyl adjacent to an activating group) is 1. The summed E-state index contributed by atoms with van der Waals surface area (Å²) in [6.07, 6.45) is 61.4. The number of nitrogens with one attached hydrogen (secondary N) is 1. The first kappa shape index (κ1) is 62.2. The first-order valence-corrected chi connectivity index (χ1v) is 28.1. The minimum absolute atomic E-state index is 0.0117. The number of unbranched alkanes of at least 4 members (excludes halogenated alkanes) is 27. The smallest absolute Gasteiger partial charge is 0.268 e. The zero-order valence-corrected chi connectivity index (χ0v) is 43.4. The zero-order valence-electron chi connectivity index (χ0n) is 42.5. The van der Waals surface area contributed by atoms with Gasteiger partial charge in [0.05, 0.1) is 39.9 Å². The number of carbonyl (C=O) groups is 1. The van der Waals surface area contributed by atoms with Gasteiger partial charge < -0.3 is 28.8 Å². The Morgan fingerprint density at radius 2 is 0.922 bits per heavy atom. The summed E-state index contributed by atoms with van der Waals surface area (Å²) in [5.74, 6) is -0.216. The normalized spacial score (nSPS) is 14.5. The molecule has 0 aromatic heterocycles. The SMILES string of the molecule is CCCCCCCCC/C=C/CC/C=C/CC/C=C/C(O)C(COP(=O)([O-])OCC[N+](C)(C)C)NC(=O)CCCCCCCCCCC/C=C\C/C=C\CCCCCCCCCCC. The largest absolute Gasteiger partial charge is 0.756 e. The third kappa shape index (κ3) is 48.1. The summed E-state index contributed by atoms with van der Waals surface area (Å²) in [6.45, 7) is 4.61. The van der Waals surface area contributed by atoms with Gasteiger partial charge in [-0.2, -0.15) is 0 Å². The van der Waals surface area contributed by atoms with Crippen LogP contribution < -0.4 is 10.2 Å². The Morgan fingerprint density at radius 3 is 1.36 bits per heavy atom. The van der Waals surface area contributed by atoms with Crippen LogP contribution in [0.5, 0.6) is 0 Å². The minimum Gasteiger partial charge on any atom is -0.756 e. The number of rotatable bonds is 48. The van der Waals surface area contributed by atoms with Crippen LogP contribution in [0, 0.1) is 0 Å². The highest BCUT2D eigenvalue weighted by atomic mass is 31.2. The summed E-state index contributed by atoms with van der Waals surface area (Å²) in [7, 11) is 1.23. The quantitative estimate of drug-likeness (QED) is 0.0272. The molecule has 3 atom stereocenters. The van der Waals surface area contributed by atoms with Crippen molar-refractivity contribution in [3.8, 4) is 0 Å². The predicted molar refractivity (Wildman–Crippen MR) is 274 cm³/mol. The van der Waals surface area contributed by atoms with E-state index in [1.807, 2.05) is 27.2 Å². The van der Waals surface area contributed by atoms with E-state index in [0.29, 0.717) is 17.4 Å². The number of phosphoric ester groups is 1. The highest BCUT2D eigenvalue weighted by molar-refractivity contribution is 7.45.